The van der Waals surface area contributed by atoms with E-state index >= 15 is 0 Å². The fraction of sp³-hybridized carbons (Fsp3) is 0.429. The molecule has 0 radical (unpaired) electrons. The van der Waals surface area contributed by atoms with E-state index in [-0.39, 0.29) is 6.04 Å². The number of hydrogen-bond donors (Lipinski definition) is 2. The third-order valence-electron chi connectivity index (χ3n) is 5.36. The first kappa shape index (κ1) is 21.8. The van der Waals surface area contributed by atoms with E-state index < -0.39 is 5.97 Å². The number of piperazine rings is 1. The van der Waals surface area contributed by atoms with Gasteiger partial charge in [0.1, 0.15) is 5.15 Å². The number of benzene rings is 1. The summed E-state index contributed by atoms with van der Waals surface area (Å²) in [4.78, 5) is 24.8. The molecule has 0 bridgehead atoms. The molecule has 1 atom stereocenters. The largest absolute Gasteiger partial charge is 0.465 e. The smallest absolute Gasteiger partial charge is 0.338 e. The Morgan fingerprint density at radius 3 is 2.77 bits per heavy atom. The average molecular weight is 431 g/mol. The van der Waals surface area contributed by atoms with E-state index in [2.05, 4.69) is 38.9 Å². The Labute approximate surface area is 181 Å². The molecule has 1 aromatic carbocycles. The molecule has 2 aromatic rings. The number of nitrogens with zero attached hydrogens (tertiary/aromatic N) is 4. The van der Waals surface area contributed by atoms with Crippen molar-refractivity contribution in [1.82, 2.24) is 14.9 Å². The van der Waals surface area contributed by atoms with Gasteiger partial charge in [0.15, 0.2) is 5.96 Å². The Kier molecular flexibility index (Phi) is 6.77. The van der Waals surface area contributed by atoms with E-state index in [0.29, 0.717) is 53.9 Å². The van der Waals surface area contributed by atoms with Gasteiger partial charge in [0, 0.05) is 31.5 Å². The van der Waals surface area contributed by atoms with Crippen molar-refractivity contribution < 1.29 is 9.53 Å². The van der Waals surface area contributed by atoms with Gasteiger partial charge in [0.2, 0.25) is 5.95 Å². The number of carbonyl (C=O) groups is 1. The van der Waals surface area contributed by atoms with Gasteiger partial charge in [-0.2, -0.15) is 0 Å². The fourth-order valence-electron chi connectivity index (χ4n) is 3.62. The number of esters is 1. The van der Waals surface area contributed by atoms with Gasteiger partial charge in [0.25, 0.3) is 0 Å². The number of methoxy groups -OCH3 is 1. The number of hydrogen-bond acceptors (Lipinski definition) is 6. The van der Waals surface area contributed by atoms with Crippen LogP contribution in [0.15, 0.2) is 30.5 Å². The summed E-state index contributed by atoms with van der Waals surface area (Å²) in [5.41, 5.74) is 1.95. The van der Waals surface area contributed by atoms with Crippen molar-refractivity contribution in [3.05, 3.63) is 46.7 Å². The summed E-state index contributed by atoms with van der Waals surface area (Å²) < 4.78 is 4.85. The second-order valence-electron chi connectivity index (χ2n) is 7.57. The molecule has 0 aliphatic carbocycles. The van der Waals surface area contributed by atoms with Crippen molar-refractivity contribution in [3.8, 4) is 0 Å². The topological polar surface area (TPSA) is 94.4 Å². The van der Waals surface area contributed by atoms with Gasteiger partial charge in [-0.25, -0.2) is 14.8 Å². The van der Waals surface area contributed by atoms with E-state index in [1.165, 1.54) is 7.11 Å². The van der Waals surface area contributed by atoms with Gasteiger partial charge in [-0.15, -0.1) is 0 Å². The fourth-order valence-corrected chi connectivity index (χ4v) is 3.75. The molecule has 8 nitrogen and oxygen atoms in total. The van der Waals surface area contributed by atoms with E-state index in [4.69, 9.17) is 21.7 Å². The molecule has 1 aliphatic rings. The molecular weight excluding hydrogens is 404 g/mol. The summed E-state index contributed by atoms with van der Waals surface area (Å²) >= 11 is 6.03. The van der Waals surface area contributed by atoms with Crippen molar-refractivity contribution >= 4 is 35.2 Å². The number of anilines is 2. The number of carbonyl (C=O) groups excluding carboxylic acids is 1. The lowest BCUT2D eigenvalue weighted by atomic mass is 10.00. The van der Waals surface area contributed by atoms with Crippen molar-refractivity contribution in [2.45, 2.75) is 26.8 Å². The highest BCUT2D eigenvalue weighted by atomic mass is 35.5. The van der Waals surface area contributed by atoms with Gasteiger partial charge < -0.3 is 19.9 Å². The number of halogens is 1. The summed E-state index contributed by atoms with van der Waals surface area (Å²) in [6.45, 7) is 8.11. The normalized spacial score (nSPS) is 16.5. The lowest BCUT2D eigenvalue weighted by molar-refractivity contribution is 0.0600. The van der Waals surface area contributed by atoms with Crippen LogP contribution >= 0.6 is 11.6 Å². The molecule has 3 rings (SSSR count). The van der Waals surface area contributed by atoms with E-state index in [0.717, 1.165) is 5.56 Å². The van der Waals surface area contributed by atoms with E-state index in [9.17, 15) is 4.79 Å². The number of ether oxygens (including phenoxy) is 1. The van der Waals surface area contributed by atoms with Crippen LogP contribution in [0.25, 0.3) is 0 Å². The second-order valence-corrected chi connectivity index (χ2v) is 7.96. The van der Waals surface area contributed by atoms with Gasteiger partial charge in [-0.3, -0.25) is 5.41 Å². The zero-order valence-corrected chi connectivity index (χ0v) is 18.4. The summed E-state index contributed by atoms with van der Waals surface area (Å²) in [7, 11) is 1.36. The average Bonchev–Trinajstić information content (AvgIpc) is 2.74. The molecule has 1 aromatic heterocycles. The van der Waals surface area contributed by atoms with Crippen LogP contribution in [-0.2, 0) is 4.74 Å². The maximum atomic E-state index is 12.0. The molecule has 9 heteroatoms. The Hall–Kier alpha value is -2.87. The van der Waals surface area contributed by atoms with Gasteiger partial charge >= 0.3 is 5.97 Å². The molecule has 1 aliphatic heterocycles. The molecule has 160 valence electrons. The third-order valence-corrected chi connectivity index (χ3v) is 5.57. The molecule has 2 N–H and O–H groups in total. The van der Waals surface area contributed by atoms with Crippen LogP contribution in [0.5, 0.6) is 0 Å². The highest BCUT2D eigenvalue weighted by Gasteiger charge is 2.32. The molecule has 0 saturated carbocycles. The van der Waals surface area contributed by atoms with Crippen molar-refractivity contribution in [1.29, 1.82) is 5.41 Å². The highest BCUT2D eigenvalue weighted by molar-refractivity contribution is 6.29. The summed E-state index contributed by atoms with van der Waals surface area (Å²) in [5.74, 6) is 0.814. The van der Waals surface area contributed by atoms with Crippen LogP contribution in [0.1, 0.15) is 29.8 Å². The Morgan fingerprint density at radius 1 is 1.33 bits per heavy atom. The molecule has 0 spiro atoms. The molecule has 1 fully saturated rings. The Bertz CT molecular complexity index is 935. The number of rotatable bonds is 4. The number of nitrogens with one attached hydrogen (secondary N) is 2. The first-order chi connectivity index (χ1) is 14.3. The predicted octanol–water partition coefficient (Wildman–Crippen LogP) is 3.42. The standard InChI is InChI=1S/C21H27ClN6O2/c1-13(2)17-12-27(21-24-9-8-18(22)26-21)10-11-28(17)20(23)25-16-7-5-6-15(14(16)3)19(29)30-4/h5-9,13,17H,10-12H2,1-4H3,(H2,23,25). The maximum absolute atomic E-state index is 12.0. The molecule has 2 heterocycles. The second kappa shape index (κ2) is 9.30. The first-order valence-corrected chi connectivity index (χ1v) is 10.2. The van der Waals surface area contributed by atoms with Crippen molar-refractivity contribution in [2.24, 2.45) is 5.92 Å². The van der Waals surface area contributed by atoms with Crippen LogP contribution in [-0.4, -0.2) is 59.6 Å². The summed E-state index contributed by atoms with van der Waals surface area (Å²) in [6, 6.07) is 7.10. The van der Waals surface area contributed by atoms with Gasteiger partial charge in [-0.1, -0.05) is 31.5 Å². The highest BCUT2D eigenvalue weighted by Crippen LogP contribution is 2.24. The van der Waals surface area contributed by atoms with Crippen LogP contribution in [0.3, 0.4) is 0 Å². The van der Waals surface area contributed by atoms with Crippen molar-refractivity contribution in [3.63, 3.8) is 0 Å². The predicted molar refractivity (Wildman–Crippen MR) is 118 cm³/mol. The van der Waals surface area contributed by atoms with Crippen LogP contribution in [0.2, 0.25) is 5.15 Å². The maximum Gasteiger partial charge on any atom is 0.338 e. The Morgan fingerprint density at radius 2 is 2.10 bits per heavy atom. The summed E-state index contributed by atoms with van der Waals surface area (Å²) in [6.07, 6.45) is 1.65. The van der Waals surface area contributed by atoms with Crippen LogP contribution in [0.4, 0.5) is 11.6 Å². The van der Waals surface area contributed by atoms with E-state index in [1.54, 1.807) is 24.4 Å². The van der Waals surface area contributed by atoms with Crippen molar-refractivity contribution in [2.75, 3.05) is 37.0 Å². The number of aromatic nitrogens is 2. The third kappa shape index (κ3) is 4.64. The molecule has 0 amide bonds. The molecular formula is C21H27ClN6O2. The van der Waals surface area contributed by atoms with Crippen LogP contribution in [0, 0.1) is 18.3 Å². The first-order valence-electron chi connectivity index (χ1n) is 9.85. The molecule has 1 saturated heterocycles. The monoisotopic (exact) mass is 430 g/mol. The quantitative estimate of drug-likeness (QED) is 0.332. The molecule has 30 heavy (non-hydrogen) atoms. The lowest BCUT2D eigenvalue weighted by Crippen LogP contribution is -2.58. The lowest BCUT2D eigenvalue weighted by Gasteiger charge is -2.44. The minimum atomic E-state index is -0.391. The zero-order valence-electron chi connectivity index (χ0n) is 17.6. The minimum Gasteiger partial charge on any atom is -0.465 e. The van der Waals surface area contributed by atoms with E-state index in [1.807, 2.05) is 13.0 Å². The number of guanidine groups is 1. The van der Waals surface area contributed by atoms with Gasteiger partial charge in [-0.05, 0) is 36.6 Å². The minimum absolute atomic E-state index is 0.0884. The SMILES string of the molecule is COC(=O)c1cccc(NC(=N)N2CCN(c3nccc(Cl)n3)CC2C(C)C)c1C. The van der Waals surface area contributed by atoms with Crippen LogP contribution < -0.4 is 10.2 Å². The Balaban J connectivity index is 1.77. The van der Waals surface area contributed by atoms with Gasteiger partial charge in [0.05, 0.1) is 18.7 Å². The molecule has 1 unspecified atom stereocenters. The summed E-state index contributed by atoms with van der Waals surface area (Å²) in [5, 5.41) is 12.3. The zero-order chi connectivity index (χ0) is 21.8.